The molecule has 2 aromatic carbocycles. The van der Waals surface area contributed by atoms with Gasteiger partial charge >= 0.3 is 0 Å². The Morgan fingerprint density at radius 2 is 1.71 bits per heavy atom. The van der Waals surface area contributed by atoms with E-state index >= 15 is 0 Å². The first-order chi connectivity index (χ1) is 11.6. The Bertz CT molecular complexity index is 846. The molecule has 0 atom stereocenters. The molecular weight excluding hydrogens is 298 g/mol. The van der Waals surface area contributed by atoms with E-state index in [1.807, 2.05) is 48.3 Å². The van der Waals surface area contributed by atoms with Crippen LogP contribution in [-0.4, -0.2) is 17.0 Å². The highest BCUT2D eigenvalue weighted by molar-refractivity contribution is 5.81. The second-order valence-electron chi connectivity index (χ2n) is 5.78. The summed E-state index contributed by atoms with van der Waals surface area (Å²) < 4.78 is 0. The van der Waals surface area contributed by atoms with E-state index in [1.165, 1.54) is 17.5 Å². The van der Waals surface area contributed by atoms with Crippen LogP contribution in [0.15, 0.2) is 54.9 Å². The third-order valence-electron chi connectivity index (χ3n) is 4.09. The zero-order chi connectivity index (χ0) is 17.1. The predicted molar refractivity (Wildman–Crippen MR) is 100 cm³/mol. The van der Waals surface area contributed by atoms with Crippen LogP contribution in [0.3, 0.4) is 0 Å². The van der Waals surface area contributed by atoms with Gasteiger partial charge in [0.25, 0.3) is 0 Å². The lowest BCUT2D eigenvalue weighted by Crippen LogP contribution is -2.15. The zero-order valence-electron chi connectivity index (χ0n) is 14.1. The molecular formula is C19H21N5. The molecule has 122 valence electrons. The molecule has 5 nitrogen and oxygen atoms in total. The Morgan fingerprint density at radius 3 is 2.42 bits per heavy atom. The standard InChI is InChI=1S/C19H21N5/c1-13-9-10-15(11-14(13)2)23-18-17(20)19(22-12-21-18)24(3)16-7-5-4-6-8-16/h4-12H,20H2,1-3H3,(H,21,22,23). The Hall–Kier alpha value is -3.08. The normalized spacial score (nSPS) is 10.5. The van der Waals surface area contributed by atoms with Gasteiger partial charge in [-0.05, 0) is 49.2 Å². The number of nitrogens with one attached hydrogen (secondary N) is 1. The van der Waals surface area contributed by atoms with Crippen LogP contribution in [0.25, 0.3) is 0 Å². The van der Waals surface area contributed by atoms with Gasteiger partial charge in [0.2, 0.25) is 0 Å². The molecule has 0 aliphatic heterocycles. The highest BCUT2D eigenvalue weighted by atomic mass is 15.2. The molecule has 0 saturated carbocycles. The summed E-state index contributed by atoms with van der Waals surface area (Å²) in [7, 11) is 1.94. The van der Waals surface area contributed by atoms with Crippen LogP contribution >= 0.6 is 0 Å². The fourth-order valence-electron chi connectivity index (χ4n) is 2.48. The fourth-order valence-corrected chi connectivity index (χ4v) is 2.48. The molecule has 3 N–H and O–H groups in total. The maximum absolute atomic E-state index is 6.31. The molecule has 0 unspecified atom stereocenters. The molecule has 1 aromatic heterocycles. The second-order valence-corrected chi connectivity index (χ2v) is 5.78. The SMILES string of the molecule is Cc1ccc(Nc2ncnc(N(C)c3ccccc3)c2N)cc1C. The van der Waals surface area contributed by atoms with Crippen molar-refractivity contribution in [3.63, 3.8) is 0 Å². The summed E-state index contributed by atoms with van der Waals surface area (Å²) in [5.74, 6) is 1.27. The monoisotopic (exact) mass is 319 g/mol. The van der Waals surface area contributed by atoms with Crippen molar-refractivity contribution in [2.24, 2.45) is 0 Å². The molecule has 1 heterocycles. The number of hydrogen-bond acceptors (Lipinski definition) is 5. The summed E-state index contributed by atoms with van der Waals surface area (Å²) in [6.07, 6.45) is 1.52. The van der Waals surface area contributed by atoms with Gasteiger partial charge in [-0.2, -0.15) is 0 Å². The van der Waals surface area contributed by atoms with Crippen LogP contribution in [0.2, 0.25) is 0 Å². The van der Waals surface area contributed by atoms with Gasteiger partial charge in [0.1, 0.15) is 12.0 Å². The number of nitrogens with zero attached hydrogens (tertiary/aromatic N) is 3. The quantitative estimate of drug-likeness (QED) is 0.755. The Balaban J connectivity index is 1.92. The summed E-state index contributed by atoms with van der Waals surface area (Å²) in [4.78, 5) is 10.6. The number of anilines is 5. The van der Waals surface area contributed by atoms with E-state index in [1.54, 1.807) is 0 Å². The largest absolute Gasteiger partial charge is 0.393 e. The lowest BCUT2D eigenvalue weighted by molar-refractivity contribution is 1.09. The van der Waals surface area contributed by atoms with Crippen molar-refractivity contribution in [3.8, 4) is 0 Å². The van der Waals surface area contributed by atoms with E-state index in [2.05, 4.69) is 41.3 Å². The van der Waals surface area contributed by atoms with Gasteiger partial charge in [-0.15, -0.1) is 0 Å². The minimum Gasteiger partial charge on any atom is -0.393 e. The van der Waals surface area contributed by atoms with Gasteiger partial charge in [0.15, 0.2) is 11.6 Å². The maximum atomic E-state index is 6.31. The van der Waals surface area contributed by atoms with Gasteiger partial charge in [-0.1, -0.05) is 24.3 Å². The molecule has 0 aliphatic rings. The fraction of sp³-hybridized carbons (Fsp3) is 0.158. The van der Waals surface area contributed by atoms with Gasteiger partial charge in [-0.25, -0.2) is 9.97 Å². The van der Waals surface area contributed by atoms with Crippen molar-refractivity contribution in [1.29, 1.82) is 0 Å². The van der Waals surface area contributed by atoms with E-state index in [-0.39, 0.29) is 0 Å². The number of nitrogens with two attached hydrogens (primary N) is 1. The van der Waals surface area contributed by atoms with Gasteiger partial charge in [0, 0.05) is 18.4 Å². The van der Waals surface area contributed by atoms with E-state index in [4.69, 9.17) is 5.73 Å². The van der Waals surface area contributed by atoms with Crippen molar-refractivity contribution in [2.75, 3.05) is 23.0 Å². The lowest BCUT2D eigenvalue weighted by Gasteiger charge is -2.21. The molecule has 0 spiro atoms. The highest BCUT2D eigenvalue weighted by Crippen LogP contribution is 2.31. The predicted octanol–water partition coefficient (Wildman–Crippen LogP) is 4.19. The molecule has 0 amide bonds. The Labute approximate surface area is 142 Å². The van der Waals surface area contributed by atoms with Gasteiger partial charge in [0.05, 0.1) is 0 Å². The van der Waals surface area contributed by atoms with Crippen LogP contribution in [0.4, 0.5) is 28.7 Å². The van der Waals surface area contributed by atoms with Crippen molar-refractivity contribution >= 4 is 28.7 Å². The molecule has 0 saturated heterocycles. The molecule has 5 heteroatoms. The summed E-state index contributed by atoms with van der Waals surface area (Å²) >= 11 is 0. The first kappa shape index (κ1) is 15.8. The Kier molecular flexibility index (Phi) is 4.33. The number of nitrogen functional groups attached to an aromatic ring is 1. The lowest BCUT2D eigenvalue weighted by atomic mass is 10.1. The van der Waals surface area contributed by atoms with E-state index in [0.717, 1.165) is 11.4 Å². The first-order valence-corrected chi connectivity index (χ1v) is 7.80. The number of benzene rings is 2. The van der Waals surface area contributed by atoms with Crippen molar-refractivity contribution in [3.05, 3.63) is 66.0 Å². The highest BCUT2D eigenvalue weighted by Gasteiger charge is 2.13. The van der Waals surface area contributed by atoms with E-state index in [0.29, 0.717) is 17.3 Å². The summed E-state index contributed by atoms with van der Waals surface area (Å²) in [5.41, 5.74) is 11.3. The van der Waals surface area contributed by atoms with Crippen molar-refractivity contribution in [1.82, 2.24) is 9.97 Å². The summed E-state index contributed by atoms with van der Waals surface area (Å²) in [6, 6.07) is 16.1. The molecule has 3 rings (SSSR count). The molecule has 0 bridgehead atoms. The first-order valence-electron chi connectivity index (χ1n) is 7.80. The smallest absolute Gasteiger partial charge is 0.161 e. The van der Waals surface area contributed by atoms with Crippen LogP contribution in [0.1, 0.15) is 11.1 Å². The molecule has 0 radical (unpaired) electrons. The minimum absolute atomic E-state index is 0.516. The number of para-hydroxylation sites is 1. The summed E-state index contributed by atoms with van der Waals surface area (Å²) in [6.45, 7) is 4.17. The second kappa shape index (κ2) is 6.58. The van der Waals surface area contributed by atoms with Crippen molar-refractivity contribution in [2.45, 2.75) is 13.8 Å². The molecule has 0 aliphatic carbocycles. The zero-order valence-corrected chi connectivity index (χ0v) is 14.1. The van der Waals surface area contributed by atoms with E-state index in [9.17, 15) is 0 Å². The summed E-state index contributed by atoms with van der Waals surface area (Å²) in [5, 5.41) is 3.28. The third-order valence-corrected chi connectivity index (χ3v) is 4.09. The van der Waals surface area contributed by atoms with Gasteiger partial charge < -0.3 is 16.0 Å². The number of rotatable bonds is 4. The van der Waals surface area contributed by atoms with E-state index < -0.39 is 0 Å². The number of aromatic nitrogens is 2. The molecule has 24 heavy (non-hydrogen) atoms. The molecule has 3 aromatic rings. The van der Waals surface area contributed by atoms with Crippen LogP contribution in [0.5, 0.6) is 0 Å². The Morgan fingerprint density at radius 1 is 0.958 bits per heavy atom. The van der Waals surface area contributed by atoms with Crippen LogP contribution in [0, 0.1) is 13.8 Å². The number of aryl methyl sites for hydroxylation is 2. The minimum atomic E-state index is 0.516. The average molecular weight is 319 g/mol. The third kappa shape index (κ3) is 3.15. The van der Waals surface area contributed by atoms with Crippen molar-refractivity contribution < 1.29 is 0 Å². The molecule has 0 fully saturated rings. The van der Waals surface area contributed by atoms with Crippen LogP contribution in [-0.2, 0) is 0 Å². The number of hydrogen-bond donors (Lipinski definition) is 2. The topological polar surface area (TPSA) is 67.1 Å². The van der Waals surface area contributed by atoms with Gasteiger partial charge in [-0.3, -0.25) is 0 Å². The maximum Gasteiger partial charge on any atom is 0.161 e. The van der Waals surface area contributed by atoms with Crippen LogP contribution < -0.4 is 16.0 Å². The average Bonchev–Trinajstić information content (AvgIpc) is 2.60.